The molecule has 0 spiro atoms. The van der Waals surface area contributed by atoms with Crippen molar-refractivity contribution in [3.63, 3.8) is 0 Å². The summed E-state index contributed by atoms with van der Waals surface area (Å²) in [6.07, 6.45) is 0. The van der Waals surface area contributed by atoms with Crippen LogP contribution in [0.3, 0.4) is 0 Å². The molecule has 0 aliphatic rings. The monoisotopic (exact) mass is 440 g/mol. The summed E-state index contributed by atoms with van der Waals surface area (Å²) >= 11 is 10.4. The molecular weight excluding hydrogens is 427 g/mol. The molecule has 18 heavy (non-hydrogen) atoms. The Balaban J connectivity index is 3.09. The van der Waals surface area contributed by atoms with Crippen LogP contribution in [0.4, 0.5) is 0 Å². The standard InChI is InChI=1S/C12H14BrIN2OS/c1-7(2)16(6-11(15)18)12(17)9-5-8(13)3-4-10(9)14/h3-5,7H,6H2,1-2H3,(H2,15,18). The second kappa shape index (κ2) is 6.81. The van der Waals surface area contributed by atoms with Gasteiger partial charge in [0, 0.05) is 14.1 Å². The molecule has 0 saturated heterocycles. The molecule has 0 bridgehead atoms. The fraction of sp³-hybridized carbons (Fsp3) is 0.333. The van der Waals surface area contributed by atoms with Gasteiger partial charge in [-0.2, -0.15) is 0 Å². The van der Waals surface area contributed by atoms with Crippen LogP contribution in [-0.2, 0) is 0 Å². The molecule has 0 unspecified atom stereocenters. The molecule has 0 aromatic heterocycles. The van der Waals surface area contributed by atoms with Crippen molar-refractivity contribution in [2.45, 2.75) is 19.9 Å². The molecular formula is C12H14BrIN2OS. The van der Waals surface area contributed by atoms with Crippen LogP contribution in [-0.4, -0.2) is 28.4 Å². The predicted molar refractivity (Wildman–Crippen MR) is 89.8 cm³/mol. The van der Waals surface area contributed by atoms with Crippen molar-refractivity contribution in [2.24, 2.45) is 5.73 Å². The van der Waals surface area contributed by atoms with Crippen molar-refractivity contribution in [1.82, 2.24) is 4.90 Å². The maximum atomic E-state index is 12.5. The first-order chi connectivity index (χ1) is 8.32. The molecule has 1 amide bonds. The number of hydrogen-bond donors (Lipinski definition) is 1. The lowest BCUT2D eigenvalue weighted by Gasteiger charge is -2.26. The highest BCUT2D eigenvalue weighted by Gasteiger charge is 2.21. The van der Waals surface area contributed by atoms with Gasteiger partial charge in [0.25, 0.3) is 5.91 Å². The molecule has 2 N–H and O–H groups in total. The van der Waals surface area contributed by atoms with Crippen molar-refractivity contribution >= 4 is 61.6 Å². The number of benzene rings is 1. The van der Waals surface area contributed by atoms with Gasteiger partial charge in [0.05, 0.1) is 17.1 Å². The summed E-state index contributed by atoms with van der Waals surface area (Å²) in [6.45, 7) is 4.19. The van der Waals surface area contributed by atoms with E-state index in [9.17, 15) is 4.79 Å². The number of thiocarbonyl (C=S) groups is 1. The Labute approximate surface area is 134 Å². The van der Waals surface area contributed by atoms with E-state index in [4.69, 9.17) is 18.0 Å². The van der Waals surface area contributed by atoms with Crippen molar-refractivity contribution in [3.05, 3.63) is 31.8 Å². The lowest BCUT2D eigenvalue weighted by atomic mass is 10.1. The number of nitrogens with zero attached hydrogens (tertiary/aromatic N) is 1. The molecule has 0 saturated carbocycles. The van der Waals surface area contributed by atoms with Crippen LogP contribution in [0.5, 0.6) is 0 Å². The highest BCUT2D eigenvalue weighted by atomic mass is 127. The van der Waals surface area contributed by atoms with Gasteiger partial charge in [-0.05, 0) is 54.6 Å². The molecule has 1 aromatic carbocycles. The van der Waals surface area contributed by atoms with Gasteiger partial charge in [-0.15, -0.1) is 0 Å². The number of carbonyl (C=O) groups excluding carboxylic acids is 1. The van der Waals surface area contributed by atoms with Gasteiger partial charge in [-0.1, -0.05) is 28.1 Å². The van der Waals surface area contributed by atoms with Gasteiger partial charge >= 0.3 is 0 Å². The second-order valence-electron chi connectivity index (χ2n) is 4.12. The van der Waals surface area contributed by atoms with Gasteiger partial charge in [0.1, 0.15) is 0 Å². The lowest BCUT2D eigenvalue weighted by Crippen LogP contribution is -2.42. The zero-order valence-electron chi connectivity index (χ0n) is 10.1. The van der Waals surface area contributed by atoms with Crippen molar-refractivity contribution in [2.75, 3.05) is 6.54 Å². The number of halogens is 2. The van der Waals surface area contributed by atoms with Crippen LogP contribution in [0.15, 0.2) is 22.7 Å². The predicted octanol–water partition coefficient (Wildman–Crippen LogP) is 3.19. The second-order valence-corrected chi connectivity index (χ2v) is 6.72. The molecule has 1 rings (SSSR count). The van der Waals surface area contributed by atoms with Crippen molar-refractivity contribution < 1.29 is 4.79 Å². The Morgan fingerprint density at radius 3 is 2.67 bits per heavy atom. The molecule has 0 radical (unpaired) electrons. The molecule has 98 valence electrons. The van der Waals surface area contributed by atoms with Crippen LogP contribution >= 0.6 is 50.7 Å². The van der Waals surface area contributed by atoms with E-state index in [0.717, 1.165) is 8.04 Å². The number of hydrogen-bond acceptors (Lipinski definition) is 2. The Hall–Kier alpha value is -0.210. The van der Waals surface area contributed by atoms with Crippen LogP contribution < -0.4 is 5.73 Å². The number of nitrogens with two attached hydrogens (primary N) is 1. The number of rotatable bonds is 4. The van der Waals surface area contributed by atoms with Crippen molar-refractivity contribution in [1.29, 1.82) is 0 Å². The first-order valence-electron chi connectivity index (χ1n) is 5.37. The van der Waals surface area contributed by atoms with Crippen molar-refractivity contribution in [3.8, 4) is 0 Å². The van der Waals surface area contributed by atoms with E-state index < -0.39 is 0 Å². The molecule has 1 aromatic rings. The van der Waals surface area contributed by atoms with E-state index >= 15 is 0 Å². The first kappa shape index (κ1) is 15.8. The van der Waals surface area contributed by atoms with Crippen LogP contribution in [0.1, 0.15) is 24.2 Å². The van der Waals surface area contributed by atoms with E-state index in [1.165, 1.54) is 0 Å². The molecule has 6 heteroatoms. The molecule has 0 atom stereocenters. The maximum Gasteiger partial charge on any atom is 0.255 e. The Morgan fingerprint density at radius 1 is 1.56 bits per heavy atom. The summed E-state index contributed by atoms with van der Waals surface area (Å²) in [6, 6.07) is 5.68. The molecule has 0 aliphatic carbocycles. The number of carbonyl (C=O) groups is 1. The Bertz CT molecular complexity index is 479. The molecule has 3 nitrogen and oxygen atoms in total. The average Bonchev–Trinajstić information content (AvgIpc) is 2.27. The quantitative estimate of drug-likeness (QED) is 0.577. The highest BCUT2D eigenvalue weighted by Crippen LogP contribution is 2.20. The van der Waals surface area contributed by atoms with E-state index in [-0.39, 0.29) is 11.9 Å². The summed E-state index contributed by atoms with van der Waals surface area (Å²) in [4.78, 5) is 14.5. The summed E-state index contributed by atoms with van der Waals surface area (Å²) < 4.78 is 1.79. The third-order valence-corrected chi connectivity index (χ3v) is 3.93. The van der Waals surface area contributed by atoms with E-state index in [1.807, 2.05) is 32.0 Å². The lowest BCUT2D eigenvalue weighted by molar-refractivity contribution is 0.0735. The number of amides is 1. The van der Waals surface area contributed by atoms with Crippen LogP contribution in [0.25, 0.3) is 0 Å². The Morgan fingerprint density at radius 2 is 2.17 bits per heavy atom. The fourth-order valence-electron chi connectivity index (χ4n) is 1.47. The van der Waals surface area contributed by atoms with Gasteiger partial charge in [0.2, 0.25) is 0 Å². The minimum absolute atomic E-state index is 0.0498. The van der Waals surface area contributed by atoms with Gasteiger partial charge in [0.15, 0.2) is 0 Å². The normalized spacial score (nSPS) is 10.5. The third-order valence-electron chi connectivity index (χ3n) is 2.37. The third kappa shape index (κ3) is 4.17. The van der Waals surface area contributed by atoms with E-state index in [0.29, 0.717) is 17.1 Å². The zero-order valence-corrected chi connectivity index (χ0v) is 14.7. The molecule has 0 fully saturated rings. The average molecular weight is 441 g/mol. The van der Waals surface area contributed by atoms with Crippen LogP contribution in [0.2, 0.25) is 0 Å². The molecule has 0 aliphatic heterocycles. The van der Waals surface area contributed by atoms with Gasteiger partial charge in [-0.3, -0.25) is 4.79 Å². The maximum absolute atomic E-state index is 12.5. The van der Waals surface area contributed by atoms with Gasteiger partial charge in [-0.25, -0.2) is 0 Å². The molecule has 0 heterocycles. The minimum atomic E-state index is -0.0523. The highest BCUT2D eigenvalue weighted by molar-refractivity contribution is 14.1. The van der Waals surface area contributed by atoms with E-state index in [1.54, 1.807) is 4.90 Å². The first-order valence-corrected chi connectivity index (χ1v) is 7.65. The summed E-state index contributed by atoms with van der Waals surface area (Å²) in [5.74, 6) is -0.0523. The summed E-state index contributed by atoms with van der Waals surface area (Å²) in [5, 5.41) is 0. The summed E-state index contributed by atoms with van der Waals surface area (Å²) in [5.41, 5.74) is 6.20. The topological polar surface area (TPSA) is 46.3 Å². The van der Waals surface area contributed by atoms with Gasteiger partial charge < -0.3 is 10.6 Å². The summed E-state index contributed by atoms with van der Waals surface area (Å²) in [7, 11) is 0. The van der Waals surface area contributed by atoms with E-state index in [2.05, 4.69) is 38.5 Å². The zero-order chi connectivity index (χ0) is 13.9. The smallest absolute Gasteiger partial charge is 0.255 e. The van der Waals surface area contributed by atoms with Crippen LogP contribution in [0, 0.1) is 3.57 Å². The SMILES string of the molecule is CC(C)N(CC(N)=S)C(=O)c1cc(Br)ccc1I. The fourth-order valence-corrected chi connectivity index (χ4v) is 2.54. The largest absolute Gasteiger partial charge is 0.392 e. The Kier molecular flexibility index (Phi) is 6.00. The minimum Gasteiger partial charge on any atom is -0.392 e.